The van der Waals surface area contributed by atoms with Gasteiger partial charge in [-0.25, -0.2) is 0 Å². The summed E-state index contributed by atoms with van der Waals surface area (Å²) in [5.74, 6) is 1.22. The molecule has 0 heterocycles. The Labute approximate surface area is 149 Å². The number of carbonyl (C=O) groups excluding carboxylic acids is 1. The van der Waals surface area contributed by atoms with Gasteiger partial charge in [-0.15, -0.1) is 0 Å². The highest BCUT2D eigenvalue weighted by atomic mass is 16.5. The highest BCUT2D eigenvalue weighted by Gasteiger charge is 2.02. The van der Waals surface area contributed by atoms with Gasteiger partial charge in [-0.05, 0) is 66.9 Å². The predicted molar refractivity (Wildman–Crippen MR) is 101 cm³/mol. The lowest BCUT2D eigenvalue weighted by molar-refractivity contribution is -0.134. The number of rotatable bonds is 9. The second-order valence-corrected chi connectivity index (χ2v) is 5.75. The van der Waals surface area contributed by atoms with Crippen LogP contribution >= 0.6 is 0 Å². The molecule has 2 aromatic rings. The molecule has 132 valence electrons. The summed E-state index contributed by atoms with van der Waals surface area (Å²) < 4.78 is 10.9. The van der Waals surface area contributed by atoms with Crippen LogP contribution in [0.5, 0.6) is 11.5 Å². The largest absolute Gasteiger partial charge is 0.494 e. The highest BCUT2D eigenvalue weighted by Crippen LogP contribution is 2.19. The van der Waals surface area contributed by atoms with Gasteiger partial charge in [0.25, 0.3) is 0 Å². The zero-order valence-electron chi connectivity index (χ0n) is 14.9. The lowest BCUT2D eigenvalue weighted by Crippen LogP contribution is -2.06. The number of ether oxygens (including phenoxy) is 2. The molecule has 0 unspecified atom stereocenters. The van der Waals surface area contributed by atoms with Crippen LogP contribution in [0.3, 0.4) is 0 Å². The van der Waals surface area contributed by atoms with Gasteiger partial charge < -0.3 is 9.47 Å². The van der Waals surface area contributed by atoms with Crippen LogP contribution in [0.4, 0.5) is 5.69 Å². The van der Waals surface area contributed by atoms with Crippen molar-refractivity contribution in [2.45, 2.75) is 39.5 Å². The smallest absolute Gasteiger partial charge is 0.311 e. The average Bonchev–Trinajstić information content (AvgIpc) is 2.63. The van der Waals surface area contributed by atoms with Crippen molar-refractivity contribution >= 4 is 17.9 Å². The van der Waals surface area contributed by atoms with E-state index in [0.29, 0.717) is 12.2 Å². The third-order valence-corrected chi connectivity index (χ3v) is 3.53. The minimum atomic E-state index is -0.208. The topological polar surface area (TPSA) is 47.9 Å². The Hall–Kier alpha value is -2.62. The molecule has 4 nitrogen and oxygen atoms in total. The fourth-order valence-electron chi connectivity index (χ4n) is 2.12. The Morgan fingerprint density at radius 3 is 2.28 bits per heavy atom. The summed E-state index contributed by atoms with van der Waals surface area (Å²) in [5, 5.41) is 0. The zero-order chi connectivity index (χ0) is 17.9. The van der Waals surface area contributed by atoms with Crippen molar-refractivity contribution in [1.82, 2.24) is 0 Å². The molecule has 2 rings (SSSR count). The molecule has 0 saturated heterocycles. The van der Waals surface area contributed by atoms with Crippen LogP contribution in [0.2, 0.25) is 0 Å². The van der Waals surface area contributed by atoms with E-state index in [1.54, 1.807) is 18.3 Å². The second-order valence-electron chi connectivity index (χ2n) is 5.75. The summed E-state index contributed by atoms with van der Waals surface area (Å²) in [5.41, 5.74) is 1.81. The van der Waals surface area contributed by atoms with E-state index in [-0.39, 0.29) is 5.97 Å². The number of esters is 1. The maximum Gasteiger partial charge on any atom is 0.311 e. The Morgan fingerprint density at radius 2 is 1.64 bits per heavy atom. The van der Waals surface area contributed by atoms with Crippen LogP contribution in [0, 0.1) is 0 Å². The fraction of sp³-hybridized carbons (Fsp3) is 0.333. The van der Waals surface area contributed by atoms with E-state index in [0.717, 1.165) is 42.9 Å². The molecule has 0 atom stereocenters. The van der Waals surface area contributed by atoms with Crippen LogP contribution in [0.15, 0.2) is 53.5 Å². The first-order valence-electron chi connectivity index (χ1n) is 8.79. The number of hydrogen-bond donors (Lipinski definition) is 0. The molecule has 25 heavy (non-hydrogen) atoms. The van der Waals surface area contributed by atoms with Gasteiger partial charge in [-0.1, -0.05) is 20.3 Å². The van der Waals surface area contributed by atoms with E-state index in [9.17, 15) is 4.79 Å². The van der Waals surface area contributed by atoms with Gasteiger partial charge in [0, 0.05) is 12.6 Å². The monoisotopic (exact) mass is 339 g/mol. The summed E-state index contributed by atoms with van der Waals surface area (Å²) in [6, 6.07) is 15.0. The number of nitrogens with zero attached hydrogens (tertiary/aromatic N) is 1. The van der Waals surface area contributed by atoms with Crippen LogP contribution in [0.1, 0.15) is 45.1 Å². The summed E-state index contributed by atoms with van der Waals surface area (Å²) in [7, 11) is 0. The Bertz CT molecular complexity index is 675. The average molecular weight is 339 g/mol. The van der Waals surface area contributed by atoms with Gasteiger partial charge in [0.15, 0.2) is 0 Å². The maximum atomic E-state index is 11.5. The van der Waals surface area contributed by atoms with E-state index >= 15 is 0 Å². The first kappa shape index (κ1) is 18.7. The van der Waals surface area contributed by atoms with Crippen LogP contribution in [-0.2, 0) is 4.79 Å². The number of aliphatic imine (C=N–C) groups is 1. The Balaban J connectivity index is 1.89. The Kier molecular flexibility index (Phi) is 7.70. The molecule has 0 fully saturated rings. The van der Waals surface area contributed by atoms with E-state index in [2.05, 4.69) is 11.9 Å². The van der Waals surface area contributed by atoms with Gasteiger partial charge in [-0.3, -0.25) is 9.79 Å². The molecular formula is C21H25NO3. The molecule has 0 N–H and O–H groups in total. The van der Waals surface area contributed by atoms with Crippen molar-refractivity contribution in [3.05, 3.63) is 54.1 Å². The number of hydrogen-bond acceptors (Lipinski definition) is 4. The van der Waals surface area contributed by atoms with Crippen molar-refractivity contribution in [1.29, 1.82) is 0 Å². The number of unbranched alkanes of at least 4 members (excludes halogenated alkanes) is 1. The first-order chi connectivity index (χ1) is 12.2. The van der Waals surface area contributed by atoms with Gasteiger partial charge in [0.1, 0.15) is 11.5 Å². The predicted octanol–water partition coefficient (Wildman–Crippen LogP) is 5.32. The van der Waals surface area contributed by atoms with Crippen molar-refractivity contribution < 1.29 is 14.3 Å². The van der Waals surface area contributed by atoms with Crippen molar-refractivity contribution in [3.63, 3.8) is 0 Å². The summed E-state index contributed by atoms with van der Waals surface area (Å²) >= 11 is 0. The third kappa shape index (κ3) is 6.79. The van der Waals surface area contributed by atoms with E-state index in [1.165, 1.54) is 0 Å². The zero-order valence-corrected chi connectivity index (χ0v) is 14.9. The van der Waals surface area contributed by atoms with E-state index in [1.807, 2.05) is 43.3 Å². The summed E-state index contributed by atoms with van der Waals surface area (Å²) in [4.78, 5) is 15.9. The number of carbonyl (C=O) groups is 1. The fourth-order valence-corrected chi connectivity index (χ4v) is 2.12. The van der Waals surface area contributed by atoms with E-state index in [4.69, 9.17) is 9.47 Å². The first-order valence-corrected chi connectivity index (χ1v) is 8.79. The normalized spacial score (nSPS) is 10.8. The van der Waals surface area contributed by atoms with E-state index < -0.39 is 0 Å². The molecule has 0 saturated carbocycles. The van der Waals surface area contributed by atoms with Crippen molar-refractivity contribution in [2.75, 3.05) is 6.61 Å². The standard InChI is InChI=1S/C21H25NO3/c1-3-5-15-24-19-11-7-17(8-12-19)16-22-18-9-13-20(14-10-18)25-21(23)6-4-2/h7-14,16H,3-6,15H2,1-2H3. The van der Waals surface area contributed by atoms with Crippen molar-refractivity contribution in [2.24, 2.45) is 4.99 Å². The quantitative estimate of drug-likeness (QED) is 0.269. The molecule has 0 amide bonds. The van der Waals surface area contributed by atoms with Gasteiger partial charge in [0.05, 0.1) is 12.3 Å². The third-order valence-electron chi connectivity index (χ3n) is 3.53. The van der Waals surface area contributed by atoms with Gasteiger partial charge >= 0.3 is 5.97 Å². The molecule has 0 spiro atoms. The maximum absolute atomic E-state index is 11.5. The SMILES string of the molecule is CCCCOc1ccc(C=Nc2ccc(OC(=O)CCC)cc2)cc1. The van der Waals surface area contributed by atoms with Crippen LogP contribution in [0.25, 0.3) is 0 Å². The molecule has 0 aliphatic rings. The number of benzene rings is 2. The minimum Gasteiger partial charge on any atom is -0.494 e. The lowest BCUT2D eigenvalue weighted by Gasteiger charge is -2.05. The van der Waals surface area contributed by atoms with Crippen molar-refractivity contribution in [3.8, 4) is 11.5 Å². The second kappa shape index (κ2) is 10.3. The van der Waals surface area contributed by atoms with Gasteiger partial charge in [0.2, 0.25) is 0 Å². The van der Waals surface area contributed by atoms with Crippen LogP contribution in [-0.4, -0.2) is 18.8 Å². The highest BCUT2D eigenvalue weighted by molar-refractivity contribution is 5.82. The molecular weight excluding hydrogens is 314 g/mol. The minimum absolute atomic E-state index is 0.208. The summed E-state index contributed by atoms with van der Waals surface area (Å²) in [6.45, 7) is 4.84. The molecule has 0 aliphatic heterocycles. The van der Waals surface area contributed by atoms with Crippen LogP contribution < -0.4 is 9.47 Å². The lowest BCUT2D eigenvalue weighted by atomic mass is 10.2. The van der Waals surface area contributed by atoms with Gasteiger partial charge in [-0.2, -0.15) is 0 Å². The Morgan fingerprint density at radius 1 is 0.960 bits per heavy atom. The molecule has 0 radical (unpaired) electrons. The molecule has 4 heteroatoms. The summed E-state index contributed by atoms with van der Waals surface area (Å²) in [6.07, 6.45) is 5.20. The molecule has 2 aromatic carbocycles. The molecule has 0 aromatic heterocycles. The molecule has 0 aliphatic carbocycles. The molecule has 0 bridgehead atoms.